The Kier molecular flexibility index (Phi) is 5.61. The molecule has 1 aromatic carbocycles. The van der Waals surface area contributed by atoms with Gasteiger partial charge in [0.2, 0.25) is 5.91 Å². The van der Waals surface area contributed by atoms with Gasteiger partial charge in [-0.25, -0.2) is 0 Å². The monoisotopic (exact) mass is 343 g/mol. The quantitative estimate of drug-likeness (QED) is 0.903. The Labute approximate surface area is 148 Å². The van der Waals surface area contributed by atoms with Crippen LogP contribution in [-0.2, 0) is 4.79 Å². The zero-order chi connectivity index (χ0) is 16.9. The van der Waals surface area contributed by atoms with E-state index in [-0.39, 0.29) is 11.8 Å². The first-order chi connectivity index (χ1) is 11.7. The molecule has 0 aliphatic carbocycles. The normalized spacial score (nSPS) is 19.2. The Balaban J connectivity index is 1.74. The molecule has 24 heavy (non-hydrogen) atoms. The van der Waals surface area contributed by atoms with E-state index in [1.807, 2.05) is 30.0 Å². The summed E-state index contributed by atoms with van der Waals surface area (Å²) in [6.45, 7) is 3.66. The van der Waals surface area contributed by atoms with Gasteiger partial charge < -0.3 is 4.90 Å². The molecule has 1 aliphatic rings. The fraction of sp³-hybridized carbons (Fsp3) is 0.474. The number of thioether (sulfide) groups is 1. The molecule has 128 valence electrons. The van der Waals surface area contributed by atoms with E-state index in [2.05, 4.69) is 34.7 Å². The average molecular weight is 343 g/mol. The maximum absolute atomic E-state index is 13.2. The number of nitrogens with zero attached hydrogens (tertiary/aromatic N) is 2. The van der Waals surface area contributed by atoms with Crippen LogP contribution < -0.4 is 0 Å². The number of amides is 1. The molecule has 1 N–H and O–H groups in total. The van der Waals surface area contributed by atoms with E-state index >= 15 is 0 Å². The van der Waals surface area contributed by atoms with Crippen molar-refractivity contribution >= 4 is 17.7 Å². The molecule has 2 atom stereocenters. The number of piperidine rings is 1. The van der Waals surface area contributed by atoms with Gasteiger partial charge in [0.1, 0.15) is 0 Å². The largest absolute Gasteiger partial charge is 0.341 e. The van der Waals surface area contributed by atoms with Crippen LogP contribution in [0.1, 0.15) is 41.6 Å². The van der Waals surface area contributed by atoms with Crippen LogP contribution in [-0.4, -0.2) is 46.1 Å². The molecule has 0 bridgehead atoms. The summed E-state index contributed by atoms with van der Waals surface area (Å²) in [4.78, 5) is 15.2. The Morgan fingerprint density at radius 1 is 1.42 bits per heavy atom. The second-order valence-electron chi connectivity index (χ2n) is 6.52. The molecule has 2 heterocycles. The number of aromatic amines is 1. The third-order valence-electron chi connectivity index (χ3n) is 4.71. The second-order valence-corrected chi connectivity index (χ2v) is 7.43. The topological polar surface area (TPSA) is 49.0 Å². The number of likely N-dealkylation sites (tertiary alicyclic amines) is 1. The van der Waals surface area contributed by atoms with Crippen LogP contribution in [0.2, 0.25) is 0 Å². The van der Waals surface area contributed by atoms with E-state index in [4.69, 9.17) is 0 Å². The molecular weight excluding hydrogens is 318 g/mol. The fourth-order valence-electron chi connectivity index (χ4n) is 3.45. The minimum absolute atomic E-state index is 0.0547. The molecule has 0 radical (unpaired) electrons. The summed E-state index contributed by atoms with van der Waals surface area (Å²) in [5, 5.41) is 7.43. The van der Waals surface area contributed by atoms with Crippen LogP contribution in [0.15, 0.2) is 36.4 Å². The molecule has 1 aliphatic heterocycles. The van der Waals surface area contributed by atoms with Crippen molar-refractivity contribution in [3.05, 3.63) is 53.3 Å². The first-order valence-corrected chi connectivity index (χ1v) is 9.93. The molecule has 0 spiro atoms. The standard InChI is InChI=1S/C19H25N3OS/c1-14-11-18(21-20-14)16-9-6-10-22(12-16)19(23)17(13-24-2)15-7-4-3-5-8-15/h3-5,7-8,11,16-17H,6,9-10,12-13H2,1-2H3,(H,20,21)/t16-,17-/m0/s1. The molecule has 5 heteroatoms. The minimum Gasteiger partial charge on any atom is -0.341 e. The van der Waals surface area contributed by atoms with E-state index < -0.39 is 0 Å². The first kappa shape index (κ1) is 17.1. The molecule has 0 unspecified atom stereocenters. The summed E-state index contributed by atoms with van der Waals surface area (Å²) < 4.78 is 0. The summed E-state index contributed by atoms with van der Waals surface area (Å²) in [7, 11) is 0. The lowest BCUT2D eigenvalue weighted by Crippen LogP contribution is -2.42. The minimum atomic E-state index is -0.0547. The highest BCUT2D eigenvalue weighted by molar-refractivity contribution is 7.98. The first-order valence-electron chi connectivity index (χ1n) is 8.53. The summed E-state index contributed by atoms with van der Waals surface area (Å²) in [6, 6.07) is 12.3. The van der Waals surface area contributed by atoms with Gasteiger partial charge in [0, 0.05) is 30.5 Å². The maximum Gasteiger partial charge on any atom is 0.230 e. The molecule has 4 nitrogen and oxygen atoms in total. The van der Waals surface area contributed by atoms with E-state index in [0.717, 1.165) is 48.6 Å². The van der Waals surface area contributed by atoms with Crippen LogP contribution in [0.4, 0.5) is 0 Å². The highest BCUT2D eigenvalue weighted by Gasteiger charge is 2.30. The SMILES string of the molecule is CSC[C@H](C(=O)N1CCC[C@H](c2cc(C)[nH]n2)C1)c1ccccc1. The van der Waals surface area contributed by atoms with Crippen LogP contribution in [0.3, 0.4) is 0 Å². The lowest BCUT2D eigenvalue weighted by molar-refractivity contribution is -0.133. The molecule has 1 aromatic heterocycles. The van der Waals surface area contributed by atoms with E-state index in [1.54, 1.807) is 11.8 Å². The molecule has 1 amide bonds. The highest BCUT2D eigenvalue weighted by Crippen LogP contribution is 2.29. The number of rotatable bonds is 5. The zero-order valence-corrected chi connectivity index (χ0v) is 15.2. The van der Waals surface area contributed by atoms with Gasteiger partial charge in [0.05, 0.1) is 11.6 Å². The fourth-order valence-corrected chi connectivity index (χ4v) is 4.12. The lowest BCUT2D eigenvalue weighted by atomic mass is 9.92. The number of hydrogen-bond donors (Lipinski definition) is 1. The van der Waals surface area contributed by atoms with E-state index in [1.165, 1.54) is 0 Å². The summed E-state index contributed by atoms with van der Waals surface area (Å²) >= 11 is 1.73. The lowest BCUT2D eigenvalue weighted by Gasteiger charge is -2.34. The molecule has 1 fully saturated rings. The summed E-state index contributed by atoms with van der Waals surface area (Å²) in [6.07, 6.45) is 4.21. The van der Waals surface area contributed by atoms with Gasteiger partial charge >= 0.3 is 0 Å². The predicted molar refractivity (Wildman–Crippen MR) is 99.4 cm³/mol. The number of carbonyl (C=O) groups excluding carboxylic acids is 1. The maximum atomic E-state index is 13.2. The number of aromatic nitrogens is 2. The van der Waals surface area contributed by atoms with Crippen molar-refractivity contribution in [3.63, 3.8) is 0 Å². The Bertz CT molecular complexity index is 670. The number of nitrogens with one attached hydrogen (secondary N) is 1. The summed E-state index contributed by atoms with van der Waals surface area (Å²) in [5.74, 6) is 1.37. The van der Waals surface area contributed by atoms with Gasteiger partial charge in [-0.1, -0.05) is 30.3 Å². The Morgan fingerprint density at radius 3 is 2.88 bits per heavy atom. The number of H-pyrrole nitrogens is 1. The van der Waals surface area contributed by atoms with Crippen LogP contribution in [0.25, 0.3) is 0 Å². The van der Waals surface area contributed by atoms with Crippen LogP contribution in [0, 0.1) is 6.92 Å². The van der Waals surface area contributed by atoms with Gasteiger partial charge in [-0.2, -0.15) is 16.9 Å². The van der Waals surface area contributed by atoms with Crippen LogP contribution >= 0.6 is 11.8 Å². The second kappa shape index (κ2) is 7.88. The van der Waals surface area contributed by atoms with Crippen LogP contribution in [0.5, 0.6) is 0 Å². The van der Waals surface area contributed by atoms with Crippen molar-refractivity contribution in [2.75, 3.05) is 25.1 Å². The molecular formula is C19H25N3OS. The third kappa shape index (κ3) is 3.83. The van der Waals surface area contributed by atoms with Gasteiger partial charge in [-0.15, -0.1) is 0 Å². The zero-order valence-electron chi connectivity index (χ0n) is 14.4. The molecule has 0 saturated carbocycles. The number of aryl methyl sites for hydroxylation is 1. The van der Waals surface area contributed by atoms with Crippen molar-refractivity contribution in [1.82, 2.24) is 15.1 Å². The van der Waals surface area contributed by atoms with Crippen molar-refractivity contribution in [2.24, 2.45) is 0 Å². The number of benzene rings is 1. The van der Waals surface area contributed by atoms with Gasteiger partial charge in [-0.05, 0) is 37.7 Å². The Hall–Kier alpha value is -1.75. The highest BCUT2D eigenvalue weighted by atomic mass is 32.2. The summed E-state index contributed by atoms with van der Waals surface area (Å²) in [5.41, 5.74) is 3.29. The van der Waals surface area contributed by atoms with E-state index in [9.17, 15) is 4.79 Å². The van der Waals surface area contributed by atoms with E-state index in [0.29, 0.717) is 5.92 Å². The van der Waals surface area contributed by atoms with Crippen molar-refractivity contribution in [3.8, 4) is 0 Å². The third-order valence-corrected chi connectivity index (χ3v) is 5.38. The van der Waals surface area contributed by atoms with Crippen molar-refractivity contribution in [1.29, 1.82) is 0 Å². The number of carbonyl (C=O) groups is 1. The predicted octanol–water partition coefficient (Wildman–Crippen LogP) is 3.57. The van der Waals surface area contributed by atoms with Gasteiger partial charge in [0.15, 0.2) is 0 Å². The molecule has 3 rings (SSSR count). The van der Waals surface area contributed by atoms with Gasteiger partial charge in [0.25, 0.3) is 0 Å². The average Bonchev–Trinajstić information content (AvgIpc) is 3.06. The Morgan fingerprint density at radius 2 is 2.21 bits per heavy atom. The van der Waals surface area contributed by atoms with Crippen molar-refractivity contribution < 1.29 is 4.79 Å². The number of hydrogen-bond acceptors (Lipinski definition) is 3. The smallest absolute Gasteiger partial charge is 0.230 e. The molecule has 2 aromatic rings. The van der Waals surface area contributed by atoms with Gasteiger partial charge in [-0.3, -0.25) is 9.89 Å². The molecule has 1 saturated heterocycles. The van der Waals surface area contributed by atoms with Crippen molar-refractivity contribution in [2.45, 2.75) is 31.6 Å².